The van der Waals surface area contributed by atoms with Gasteiger partial charge in [-0.3, -0.25) is 0 Å². The fraction of sp³-hybridized carbons (Fsp3) is 0. The van der Waals surface area contributed by atoms with Crippen LogP contribution in [0.25, 0.3) is 83.6 Å². The molecule has 0 saturated heterocycles. The fourth-order valence-corrected chi connectivity index (χ4v) is 12.3. The van der Waals surface area contributed by atoms with Gasteiger partial charge < -0.3 is 8.98 Å². The molecule has 29 heteroatoms. The van der Waals surface area contributed by atoms with E-state index in [1.807, 2.05) is 0 Å². The first-order valence-electron chi connectivity index (χ1n) is 24.7. The van der Waals surface area contributed by atoms with Gasteiger partial charge in [-0.15, -0.1) is 43.7 Å². The summed E-state index contributed by atoms with van der Waals surface area (Å²) in [5, 5.41) is 5.11. The summed E-state index contributed by atoms with van der Waals surface area (Å²) in [6, 6.07) is 0. The molecule has 3 heterocycles. The number of benzene rings is 6. The van der Waals surface area contributed by atoms with Crippen molar-refractivity contribution in [2.45, 2.75) is 0 Å². The van der Waals surface area contributed by atoms with Crippen molar-refractivity contribution in [3.63, 3.8) is 0 Å². The average Bonchev–Trinajstić information content (AvgIpc) is 3.89. The van der Waals surface area contributed by atoms with E-state index in [1.54, 1.807) is 0 Å². The van der Waals surface area contributed by atoms with Crippen molar-refractivity contribution in [3.05, 3.63) is 0 Å². The number of furan rings is 1. The first kappa shape index (κ1) is 48.5. The van der Waals surface area contributed by atoms with Crippen molar-refractivity contribution < 1.29 is 4.42 Å². The summed E-state index contributed by atoms with van der Waals surface area (Å²) in [4.78, 5) is 16.5. The van der Waals surface area contributed by atoms with Gasteiger partial charge in [0, 0.05) is 44.2 Å². The molecule has 0 spiro atoms. The van der Waals surface area contributed by atoms with Gasteiger partial charge in [0.1, 0.15) is 199 Å². The summed E-state index contributed by atoms with van der Waals surface area (Å²) in [7, 11) is 54.4. The SMILES string of the molecule is Bc1c(B)c(B)c(-c2nc(-c3c(B)c(B)c(B)c(B)c3B)nc(-c3c(B)c(B)c4c(oc5c(B)c(-n6c7c(B)c(B)c(B)c(B)c7c7c(B)c(B)c(B)c(B)c76)c(B)c(B)c54)c3B)n2)c(B)c1B. The van der Waals surface area contributed by atoms with Gasteiger partial charge in [-0.2, -0.15) is 0 Å². The Bertz CT molecular complexity index is 3640. The first-order valence-corrected chi connectivity index (χ1v) is 24.7. The van der Waals surface area contributed by atoms with Crippen LogP contribution in [-0.2, 0) is 0 Å². The lowest BCUT2D eigenvalue weighted by Crippen LogP contribution is -2.55. The minimum Gasteiger partial charge on any atom is -0.457 e. The topological polar surface area (TPSA) is 56.7 Å². The molecule has 302 valence electrons. The number of aromatic nitrogens is 4. The van der Waals surface area contributed by atoms with Gasteiger partial charge in [0.15, 0.2) is 17.5 Å². The Balaban J connectivity index is 1.41. The predicted octanol–water partition coefficient (Wildman–Crippen LogP) is -31.9. The standard InChI is InChI=1S/C39H48B24N4O/c40-8-1-2-9(41)19(51)27(59)30(62)33(2)67(32(1)29(61)26(58)18(8)50)34-28(60)11(43)4-3-10(42)12(44)7(17(49)35(3)68-36(4)31(34)63)39-65-37(5-13(45)20(52)24(56)21(53)14(5)46)64-38(66-39)6-15(47)22(54)25(57)23(55)16(6)48/h40-63H2. The van der Waals surface area contributed by atoms with Gasteiger partial charge in [-0.25, -0.2) is 15.0 Å². The molecule has 0 radical (unpaired) electrons. The lowest BCUT2D eigenvalue weighted by Gasteiger charge is -2.23. The molecule has 0 aliphatic rings. The lowest BCUT2D eigenvalue weighted by atomic mass is 9.60. The molecule has 0 amide bonds. The van der Waals surface area contributed by atoms with Gasteiger partial charge in [-0.05, 0) is 21.7 Å². The molecular formula is C39H48B24N4O. The maximum Gasteiger partial charge on any atom is 0.163 e. The quantitative estimate of drug-likeness (QED) is 0.166. The molecule has 0 saturated carbocycles. The van der Waals surface area contributed by atoms with Gasteiger partial charge in [0.05, 0.1) is 0 Å². The van der Waals surface area contributed by atoms with Crippen LogP contribution in [0.1, 0.15) is 0 Å². The molecule has 0 atom stereocenters. The average molecular weight is 848 g/mol. The van der Waals surface area contributed by atoms with Crippen LogP contribution in [0.4, 0.5) is 0 Å². The lowest BCUT2D eigenvalue weighted by molar-refractivity contribution is 0.674. The highest BCUT2D eigenvalue weighted by Gasteiger charge is 2.30. The second-order valence-electron chi connectivity index (χ2n) is 21.1. The predicted molar refractivity (Wildman–Crippen MR) is 374 cm³/mol. The van der Waals surface area contributed by atoms with E-state index < -0.39 is 0 Å². The molecule has 68 heavy (non-hydrogen) atoms. The molecule has 0 bridgehead atoms. The second kappa shape index (κ2) is 16.5. The molecule has 0 N–H and O–H groups in total. The Hall–Kier alpha value is -4.51. The maximum absolute atomic E-state index is 7.42. The van der Waals surface area contributed by atoms with Gasteiger partial charge >= 0.3 is 0 Å². The van der Waals surface area contributed by atoms with Crippen LogP contribution in [0.15, 0.2) is 4.42 Å². The minimum atomic E-state index is 0.679. The van der Waals surface area contributed by atoms with E-state index in [0.29, 0.717) is 17.5 Å². The number of nitrogens with zero attached hydrogens (tertiary/aromatic N) is 4. The van der Waals surface area contributed by atoms with Crippen LogP contribution in [0.2, 0.25) is 0 Å². The number of hydrogen-bond donors (Lipinski definition) is 0. The zero-order chi connectivity index (χ0) is 49.9. The van der Waals surface area contributed by atoms with Gasteiger partial charge in [0.2, 0.25) is 0 Å². The summed E-state index contributed by atoms with van der Waals surface area (Å²) in [6.45, 7) is 0. The Morgan fingerprint density at radius 1 is 0.235 bits per heavy atom. The third kappa shape index (κ3) is 6.40. The van der Waals surface area contributed by atoms with Crippen molar-refractivity contribution >= 4 is 363 Å². The normalized spacial score (nSPS) is 11.8. The summed E-state index contributed by atoms with van der Waals surface area (Å²) < 4.78 is 10.0. The van der Waals surface area contributed by atoms with Crippen molar-refractivity contribution in [2.75, 3.05) is 0 Å². The van der Waals surface area contributed by atoms with Gasteiger partial charge in [-0.1, -0.05) is 76.5 Å². The Kier molecular flexibility index (Phi) is 11.8. The minimum absolute atomic E-state index is 0.679. The number of hydrogen-bond acceptors (Lipinski definition) is 4. The molecule has 9 rings (SSSR count). The van der Waals surface area contributed by atoms with E-state index in [0.717, 1.165) is 44.2 Å². The highest BCUT2D eigenvalue weighted by Crippen LogP contribution is 2.30. The fourth-order valence-electron chi connectivity index (χ4n) is 12.3. The molecule has 0 fully saturated rings. The number of rotatable bonds is 4. The van der Waals surface area contributed by atoms with Crippen LogP contribution in [0.3, 0.4) is 0 Å². The monoisotopic (exact) mass is 853 g/mol. The van der Waals surface area contributed by atoms with Crippen LogP contribution < -0.4 is 131 Å². The van der Waals surface area contributed by atoms with Crippen molar-refractivity contribution in [1.82, 2.24) is 19.5 Å². The summed E-state index contributed by atoms with van der Waals surface area (Å²) >= 11 is 0. The van der Waals surface area contributed by atoms with Crippen LogP contribution in [0.5, 0.6) is 0 Å². The smallest absolute Gasteiger partial charge is 0.163 e. The molecular weight excluding hydrogens is 800 g/mol. The van der Waals surface area contributed by atoms with Crippen LogP contribution in [0, 0.1) is 0 Å². The zero-order valence-corrected chi connectivity index (χ0v) is 45.7. The highest BCUT2D eigenvalue weighted by atomic mass is 16.3. The molecule has 6 aromatic carbocycles. The summed E-state index contributed by atoms with van der Waals surface area (Å²) in [5.74, 6) is 2.11. The van der Waals surface area contributed by atoms with E-state index in [-0.39, 0.29) is 0 Å². The van der Waals surface area contributed by atoms with E-state index in [1.165, 1.54) is 153 Å². The van der Waals surface area contributed by atoms with E-state index in [2.05, 4.69) is 193 Å². The van der Waals surface area contributed by atoms with Crippen LogP contribution in [-0.4, -0.2) is 208 Å². The Morgan fingerprint density at radius 3 is 0.853 bits per heavy atom. The summed E-state index contributed by atoms with van der Waals surface area (Å²) in [6.07, 6.45) is 0. The van der Waals surface area contributed by atoms with Crippen LogP contribution >= 0.6 is 0 Å². The van der Waals surface area contributed by atoms with Gasteiger partial charge in [0.25, 0.3) is 0 Å². The molecule has 3 aromatic heterocycles. The van der Waals surface area contributed by atoms with Crippen molar-refractivity contribution in [1.29, 1.82) is 0 Å². The molecule has 0 unspecified atom stereocenters. The molecule has 9 aromatic rings. The molecule has 5 nitrogen and oxygen atoms in total. The largest absolute Gasteiger partial charge is 0.457 e. The Labute approximate surface area is 424 Å². The highest BCUT2D eigenvalue weighted by molar-refractivity contribution is 6.74. The van der Waals surface area contributed by atoms with Crippen molar-refractivity contribution in [2.24, 2.45) is 0 Å². The number of fused-ring (bicyclic) bond motifs is 6. The molecule has 0 aliphatic carbocycles. The third-order valence-corrected chi connectivity index (χ3v) is 18.5. The second-order valence-corrected chi connectivity index (χ2v) is 21.1. The van der Waals surface area contributed by atoms with E-state index in [4.69, 9.17) is 19.4 Å². The third-order valence-electron chi connectivity index (χ3n) is 18.5. The van der Waals surface area contributed by atoms with E-state index in [9.17, 15) is 0 Å². The Morgan fingerprint density at radius 2 is 0.485 bits per heavy atom. The van der Waals surface area contributed by atoms with E-state index >= 15 is 0 Å². The molecule has 0 aliphatic heterocycles. The maximum atomic E-state index is 7.42. The first-order chi connectivity index (χ1) is 31.8. The summed E-state index contributed by atoms with van der Waals surface area (Å²) in [5.41, 5.74) is 39.4. The zero-order valence-electron chi connectivity index (χ0n) is 45.7. The van der Waals surface area contributed by atoms with Crippen molar-refractivity contribution in [3.8, 4) is 39.9 Å².